The molecule has 0 bridgehead atoms. The van der Waals surface area contributed by atoms with Gasteiger partial charge < -0.3 is 9.31 Å². The number of hydrogen-bond donors (Lipinski definition) is 0. The summed E-state index contributed by atoms with van der Waals surface area (Å²) in [6.07, 6.45) is 3.97. The van der Waals surface area contributed by atoms with Crippen LogP contribution in [0.5, 0.6) is 0 Å². The molecule has 2 fully saturated rings. The van der Waals surface area contributed by atoms with Crippen molar-refractivity contribution < 1.29 is 9.31 Å². The molecule has 0 spiro atoms. The van der Waals surface area contributed by atoms with Gasteiger partial charge in [0, 0.05) is 0 Å². The maximum Gasteiger partial charge on any atom is 0.494 e. The second-order valence-electron chi connectivity index (χ2n) is 7.62. The van der Waals surface area contributed by atoms with Crippen LogP contribution in [0.15, 0.2) is 24.3 Å². The zero-order valence-electron chi connectivity index (χ0n) is 13.3. The molecule has 0 radical (unpaired) electrons. The van der Waals surface area contributed by atoms with Crippen molar-refractivity contribution in [3.05, 3.63) is 29.8 Å². The van der Waals surface area contributed by atoms with Crippen LogP contribution in [0.25, 0.3) is 0 Å². The van der Waals surface area contributed by atoms with E-state index in [1.54, 1.807) is 0 Å². The third-order valence-corrected chi connectivity index (χ3v) is 5.59. The number of rotatable bonds is 2. The fraction of sp³-hybridized carbons (Fsp3) is 0.647. The van der Waals surface area contributed by atoms with E-state index in [0.29, 0.717) is 5.41 Å². The van der Waals surface area contributed by atoms with Crippen molar-refractivity contribution in [1.82, 2.24) is 0 Å². The van der Waals surface area contributed by atoms with Crippen LogP contribution in [0.3, 0.4) is 0 Å². The zero-order valence-corrected chi connectivity index (χ0v) is 13.3. The molecule has 0 unspecified atom stereocenters. The first-order valence-corrected chi connectivity index (χ1v) is 7.70. The van der Waals surface area contributed by atoms with Gasteiger partial charge in [-0.25, -0.2) is 0 Å². The molecule has 0 atom stereocenters. The Morgan fingerprint density at radius 2 is 1.35 bits per heavy atom. The summed E-state index contributed by atoms with van der Waals surface area (Å²) in [5.41, 5.74) is 2.43. The minimum atomic E-state index is -0.268. The van der Waals surface area contributed by atoms with E-state index in [0.717, 1.165) is 5.46 Å². The van der Waals surface area contributed by atoms with Gasteiger partial charge in [0.25, 0.3) is 0 Å². The molecule has 1 aromatic rings. The molecule has 0 amide bonds. The van der Waals surface area contributed by atoms with Crippen molar-refractivity contribution in [2.45, 2.75) is 70.5 Å². The smallest absolute Gasteiger partial charge is 0.399 e. The van der Waals surface area contributed by atoms with Crippen LogP contribution >= 0.6 is 0 Å². The highest BCUT2D eigenvalue weighted by molar-refractivity contribution is 6.62. The van der Waals surface area contributed by atoms with Crippen LogP contribution < -0.4 is 5.46 Å². The topological polar surface area (TPSA) is 18.5 Å². The van der Waals surface area contributed by atoms with Crippen molar-refractivity contribution in [2.75, 3.05) is 0 Å². The van der Waals surface area contributed by atoms with Crippen LogP contribution in [0.2, 0.25) is 0 Å². The van der Waals surface area contributed by atoms with E-state index in [4.69, 9.17) is 9.31 Å². The molecule has 108 valence electrons. The van der Waals surface area contributed by atoms with E-state index >= 15 is 0 Å². The quantitative estimate of drug-likeness (QED) is 0.768. The van der Waals surface area contributed by atoms with E-state index in [-0.39, 0.29) is 18.3 Å². The van der Waals surface area contributed by atoms with Crippen molar-refractivity contribution in [2.24, 2.45) is 0 Å². The third-order valence-electron chi connectivity index (χ3n) is 5.59. The number of benzene rings is 1. The Morgan fingerprint density at radius 3 is 1.75 bits per heavy atom. The first-order valence-electron chi connectivity index (χ1n) is 7.70. The predicted molar refractivity (Wildman–Crippen MR) is 83.4 cm³/mol. The minimum absolute atomic E-state index is 0.247. The molecule has 1 saturated heterocycles. The van der Waals surface area contributed by atoms with Gasteiger partial charge in [-0.3, -0.25) is 0 Å². The molecule has 1 aliphatic carbocycles. The lowest BCUT2D eigenvalue weighted by Gasteiger charge is -2.39. The maximum absolute atomic E-state index is 6.09. The molecule has 1 saturated carbocycles. The van der Waals surface area contributed by atoms with Gasteiger partial charge in [-0.05, 0) is 57.0 Å². The van der Waals surface area contributed by atoms with E-state index in [9.17, 15) is 0 Å². The van der Waals surface area contributed by atoms with E-state index < -0.39 is 0 Å². The molecule has 0 aromatic heterocycles. The average Bonchev–Trinajstić information content (AvgIpc) is 2.56. The molecule has 0 N–H and O–H groups in total. The Hall–Kier alpha value is -0.795. The molecule has 20 heavy (non-hydrogen) atoms. The van der Waals surface area contributed by atoms with Gasteiger partial charge >= 0.3 is 7.12 Å². The zero-order chi connectivity index (χ0) is 14.6. The van der Waals surface area contributed by atoms with Crippen LogP contribution in [0.4, 0.5) is 0 Å². The van der Waals surface area contributed by atoms with Gasteiger partial charge in [-0.2, -0.15) is 0 Å². The fourth-order valence-electron chi connectivity index (χ4n) is 3.02. The first-order chi connectivity index (χ1) is 9.24. The maximum atomic E-state index is 6.09. The normalized spacial score (nSPS) is 26.4. The molecule has 1 aliphatic heterocycles. The highest BCUT2D eigenvalue weighted by atomic mass is 16.7. The van der Waals surface area contributed by atoms with Gasteiger partial charge in [0.1, 0.15) is 0 Å². The van der Waals surface area contributed by atoms with Gasteiger partial charge in [-0.15, -0.1) is 0 Å². The van der Waals surface area contributed by atoms with Gasteiger partial charge in [0.15, 0.2) is 0 Å². The SMILES string of the molecule is CC1(c2ccc(B3OC(C)(C)C(C)(C)O3)cc2)CCC1. The van der Waals surface area contributed by atoms with Gasteiger partial charge in [-0.1, -0.05) is 37.6 Å². The lowest BCUT2D eigenvalue weighted by atomic mass is 9.65. The minimum Gasteiger partial charge on any atom is -0.399 e. The van der Waals surface area contributed by atoms with Crippen LogP contribution in [0, 0.1) is 0 Å². The Morgan fingerprint density at radius 1 is 0.850 bits per heavy atom. The van der Waals surface area contributed by atoms with E-state index in [1.807, 2.05) is 0 Å². The van der Waals surface area contributed by atoms with Crippen molar-refractivity contribution in [3.63, 3.8) is 0 Å². The van der Waals surface area contributed by atoms with E-state index in [2.05, 4.69) is 58.9 Å². The van der Waals surface area contributed by atoms with Crippen LogP contribution in [-0.4, -0.2) is 18.3 Å². The Bertz CT molecular complexity index is 484. The van der Waals surface area contributed by atoms with Gasteiger partial charge in [0.2, 0.25) is 0 Å². The summed E-state index contributed by atoms with van der Waals surface area (Å²) in [4.78, 5) is 0. The van der Waals surface area contributed by atoms with Crippen LogP contribution in [-0.2, 0) is 14.7 Å². The summed E-state index contributed by atoms with van der Waals surface area (Å²) in [7, 11) is -0.247. The Balaban J connectivity index is 1.79. The highest BCUT2D eigenvalue weighted by Gasteiger charge is 2.51. The molecule has 2 nitrogen and oxygen atoms in total. The molecule has 1 aromatic carbocycles. The monoisotopic (exact) mass is 272 g/mol. The largest absolute Gasteiger partial charge is 0.494 e. The second kappa shape index (κ2) is 4.35. The van der Waals surface area contributed by atoms with Gasteiger partial charge in [0.05, 0.1) is 11.2 Å². The second-order valence-corrected chi connectivity index (χ2v) is 7.62. The summed E-state index contributed by atoms with van der Waals surface area (Å²) >= 11 is 0. The summed E-state index contributed by atoms with van der Waals surface area (Å²) in [5.74, 6) is 0. The lowest BCUT2D eigenvalue weighted by Crippen LogP contribution is -2.41. The van der Waals surface area contributed by atoms with Crippen molar-refractivity contribution in [3.8, 4) is 0 Å². The lowest BCUT2D eigenvalue weighted by molar-refractivity contribution is 0.00578. The fourth-order valence-corrected chi connectivity index (χ4v) is 3.02. The number of hydrogen-bond acceptors (Lipinski definition) is 2. The Kier molecular flexibility index (Phi) is 3.08. The van der Waals surface area contributed by atoms with Crippen molar-refractivity contribution in [1.29, 1.82) is 0 Å². The van der Waals surface area contributed by atoms with Crippen LogP contribution in [0.1, 0.15) is 59.4 Å². The summed E-state index contributed by atoms with van der Waals surface area (Å²) in [6.45, 7) is 10.7. The molecule has 1 heterocycles. The third kappa shape index (κ3) is 2.12. The predicted octanol–water partition coefficient (Wildman–Crippen LogP) is 3.43. The average molecular weight is 272 g/mol. The molecule has 3 heteroatoms. The first kappa shape index (κ1) is 14.2. The molecular weight excluding hydrogens is 247 g/mol. The van der Waals surface area contributed by atoms with Crippen molar-refractivity contribution >= 4 is 12.6 Å². The summed E-state index contributed by atoms with van der Waals surface area (Å²) in [5, 5.41) is 0. The Labute approximate surface area is 123 Å². The highest BCUT2D eigenvalue weighted by Crippen LogP contribution is 2.43. The standard InChI is InChI=1S/C17H25BO2/c1-15(2)16(3,4)20-18(19-15)14-9-7-13(8-10-14)17(5)11-6-12-17/h7-10H,6,11-12H2,1-5H3. The summed E-state index contributed by atoms with van der Waals surface area (Å²) < 4.78 is 12.2. The molecule has 2 aliphatic rings. The molecule has 3 rings (SSSR count). The molecular formula is C17H25BO2. The summed E-state index contributed by atoms with van der Waals surface area (Å²) in [6, 6.07) is 8.83. The van der Waals surface area contributed by atoms with E-state index in [1.165, 1.54) is 24.8 Å².